The van der Waals surface area contributed by atoms with Gasteiger partial charge in [-0.3, -0.25) is 0 Å². The molecule has 0 spiro atoms. The van der Waals surface area contributed by atoms with E-state index in [4.69, 9.17) is 10.2 Å². The Morgan fingerprint density at radius 2 is 1.36 bits per heavy atom. The van der Waals surface area contributed by atoms with Gasteiger partial charge in [-0.05, 0) is 12.3 Å². The molecule has 5 nitrogen and oxygen atoms in total. The van der Waals surface area contributed by atoms with Gasteiger partial charge >= 0.3 is 11.9 Å². The molecule has 0 aliphatic carbocycles. The van der Waals surface area contributed by atoms with Gasteiger partial charge in [0.1, 0.15) is 0 Å². The van der Waals surface area contributed by atoms with E-state index >= 15 is 0 Å². The fourth-order valence-electron chi connectivity index (χ4n) is 2.38. The lowest BCUT2D eigenvalue weighted by Crippen LogP contribution is -2.38. The van der Waals surface area contributed by atoms with Crippen molar-refractivity contribution in [3.8, 4) is 0 Å². The van der Waals surface area contributed by atoms with Crippen LogP contribution in [0.4, 0.5) is 17.6 Å². The number of aliphatic carboxylic acids is 2. The average Bonchev–Trinajstić information content (AvgIpc) is 2.35. The summed E-state index contributed by atoms with van der Waals surface area (Å²) in [6.07, 6.45) is -6.84. The maximum Gasteiger partial charge on any atom is 0.334 e. The first-order valence-electron chi connectivity index (χ1n) is 6.35. The molecular weight excluding hydrogens is 310 g/mol. The lowest BCUT2D eigenvalue weighted by atomic mass is 9.80. The minimum atomic E-state index is -3.34. The third-order valence-electron chi connectivity index (χ3n) is 3.15. The van der Waals surface area contributed by atoms with Crippen molar-refractivity contribution in [2.75, 3.05) is 0 Å². The van der Waals surface area contributed by atoms with Gasteiger partial charge in [0.2, 0.25) is 0 Å². The zero-order valence-corrected chi connectivity index (χ0v) is 11.7. The smallest absolute Gasteiger partial charge is 0.334 e. The van der Waals surface area contributed by atoms with Crippen LogP contribution >= 0.6 is 0 Å². The summed E-state index contributed by atoms with van der Waals surface area (Å²) >= 11 is 0. The molecule has 1 rings (SSSR count). The van der Waals surface area contributed by atoms with Crippen molar-refractivity contribution in [1.29, 1.82) is 0 Å². The number of hydrogen-bond acceptors (Lipinski definition) is 3. The van der Waals surface area contributed by atoms with Crippen LogP contribution in [0, 0.1) is 11.8 Å². The highest BCUT2D eigenvalue weighted by molar-refractivity contribution is 5.96. The van der Waals surface area contributed by atoms with Crippen LogP contribution < -0.4 is 5.32 Å². The zero-order valence-electron chi connectivity index (χ0n) is 11.7. The maximum atomic E-state index is 13.0. The first-order valence-corrected chi connectivity index (χ1v) is 6.35. The number of rotatable bonds is 6. The van der Waals surface area contributed by atoms with Gasteiger partial charge in [0.25, 0.3) is 12.9 Å². The molecule has 0 fully saturated rings. The molecule has 1 aliphatic rings. The van der Waals surface area contributed by atoms with E-state index in [1.54, 1.807) is 19.2 Å². The Kier molecular flexibility index (Phi) is 5.56. The first-order chi connectivity index (χ1) is 10.1. The SMILES string of the molecule is CC(C)CC1C(C(=O)O)=C(C(F)F)NC(C(F)F)=C1C(=O)O. The molecule has 0 atom stereocenters. The molecule has 9 heteroatoms. The molecule has 124 valence electrons. The van der Waals surface area contributed by atoms with Crippen LogP contribution in [-0.4, -0.2) is 35.0 Å². The van der Waals surface area contributed by atoms with Crippen molar-refractivity contribution in [2.24, 2.45) is 11.8 Å². The Hall–Kier alpha value is -2.06. The second-order valence-electron chi connectivity index (χ2n) is 5.17. The molecule has 0 aromatic rings. The Bertz CT molecular complexity index is 498. The van der Waals surface area contributed by atoms with Gasteiger partial charge < -0.3 is 15.5 Å². The van der Waals surface area contributed by atoms with Crippen molar-refractivity contribution in [3.63, 3.8) is 0 Å². The molecule has 0 saturated carbocycles. The number of allylic oxidation sites excluding steroid dienone is 2. The highest BCUT2D eigenvalue weighted by Crippen LogP contribution is 2.37. The fraction of sp³-hybridized carbons (Fsp3) is 0.538. The lowest BCUT2D eigenvalue weighted by Gasteiger charge is -2.31. The number of nitrogens with one attached hydrogen (secondary N) is 1. The van der Waals surface area contributed by atoms with Crippen molar-refractivity contribution in [3.05, 3.63) is 22.5 Å². The van der Waals surface area contributed by atoms with Crippen molar-refractivity contribution in [1.82, 2.24) is 5.32 Å². The Morgan fingerprint density at radius 3 is 1.59 bits per heavy atom. The van der Waals surface area contributed by atoms with Crippen LogP contribution in [0.5, 0.6) is 0 Å². The van der Waals surface area contributed by atoms with Gasteiger partial charge in [-0.15, -0.1) is 0 Å². The third-order valence-corrected chi connectivity index (χ3v) is 3.15. The highest BCUT2D eigenvalue weighted by Gasteiger charge is 2.42. The van der Waals surface area contributed by atoms with Crippen LogP contribution in [0.2, 0.25) is 0 Å². The normalized spacial score (nSPS) is 16.8. The summed E-state index contributed by atoms with van der Waals surface area (Å²) in [4.78, 5) is 22.5. The summed E-state index contributed by atoms with van der Waals surface area (Å²) in [7, 11) is 0. The number of dihydropyridines is 1. The summed E-state index contributed by atoms with van der Waals surface area (Å²) in [5.41, 5.74) is -4.13. The van der Waals surface area contributed by atoms with Gasteiger partial charge in [0.15, 0.2) is 0 Å². The maximum absolute atomic E-state index is 13.0. The molecule has 0 amide bonds. The Balaban J connectivity index is 3.59. The number of hydrogen-bond donors (Lipinski definition) is 3. The quantitative estimate of drug-likeness (QED) is 0.653. The third kappa shape index (κ3) is 3.58. The number of carbonyl (C=O) groups is 2. The van der Waals surface area contributed by atoms with Crippen LogP contribution in [0.3, 0.4) is 0 Å². The largest absolute Gasteiger partial charge is 0.478 e. The molecule has 0 unspecified atom stereocenters. The summed E-state index contributed by atoms with van der Waals surface area (Å²) in [5, 5.41) is 19.9. The minimum Gasteiger partial charge on any atom is -0.478 e. The number of alkyl halides is 4. The summed E-state index contributed by atoms with van der Waals surface area (Å²) in [5.74, 6) is -5.35. The predicted octanol–water partition coefficient (Wildman–Crippen LogP) is 2.46. The van der Waals surface area contributed by atoms with Gasteiger partial charge in [-0.1, -0.05) is 13.8 Å². The molecule has 22 heavy (non-hydrogen) atoms. The van der Waals surface area contributed by atoms with Crippen LogP contribution in [-0.2, 0) is 9.59 Å². The van der Waals surface area contributed by atoms with E-state index < -0.39 is 53.2 Å². The predicted molar refractivity (Wildman–Crippen MR) is 67.4 cm³/mol. The van der Waals surface area contributed by atoms with Crippen molar-refractivity contribution < 1.29 is 37.4 Å². The molecule has 0 aromatic carbocycles. The monoisotopic (exact) mass is 325 g/mol. The first kappa shape index (κ1) is 18.0. The van der Waals surface area contributed by atoms with E-state index in [9.17, 15) is 27.2 Å². The molecule has 0 aromatic heterocycles. The summed E-state index contributed by atoms with van der Waals surface area (Å²) < 4.78 is 52.0. The van der Waals surface area contributed by atoms with Crippen LogP contribution in [0.15, 0.2) is 22.5 Å². The van der Waals surface area contributed by atoms with E-state index in [0.717, 1.165) is 0 Å². The fourth-order valence-corrected chi connectivity index (χ4v) is 2.38. The van der Waals surface area contributed by atoms with E-state index in [2.05, 4.69) is 0 Å². The van der Waals surface area contributed by atoms with E-state index in [1.165, 1.54) is 0 Å². The molecule has 0 radical (unpaired) electrons. The van der Waals surface area contributed by atoms with Gasteiger partial charge in [0, 0.05) is 5.92 Å². The Labute approximate surface area is 123 Å². The van der Waals surface area contributed by atoms with Crippen molar-refractivity contribution in [2.45, 2.75) is 33.1 Å². The summed E-state index contributed by atoms with van der Waals surface area (Å²) in [6, 6.07) is 0. The van der Waals surface area contributed by atoms with E-state index in [0.29, 0.717) is 0 Å². The minimum absolute atomic E-state index is 0.155. The molecule has 1 aliphatic heterocycles. The van der Waals surface area contributed by atoms with E-state index in [1.807, 2.05) is 0 Å². The highest BCUT2D eigenvalue weighted by atomic mass is 19.3. The molecule has 1 heterocycles. The number of carboxylic acids is 2. The summed E-state index contributed by atoms with van der Waals surface area (Å²) in [6.45, 7) is 3.20. The van der Waals surface area contributed by atoms with Gasteiger partial charge in [-0.25, -0.2) is 27.2 Å². The molecule has 0 bridgehead atoms. The zero-order chi connectivity index (χ0) is 17.2. The van der Waals surface area contributed by atoms with Crippen LogP contribution in [0.25, 0.3) is 0 Å². The van der Waals surface area contributed by atoms with Gasteiger partial charge in [-0.2, -0.15) is 0 Å². The number of halogens is 4. The molecule has 0 saturated heterocycles. The second-order valence-corrected chi connectivity index (χ2v) is 5.17. The Morgan fingerprint density at radius 1 is 1.00 bits per heavy atom. The average molecular weight is 325 g/mol. The van der Waals surface area contributed by atoms with Crippen LogP contribution in [0.1, 0.15) is 20.3 Å². The standard InChI is InChI=1S/C13H15F4NO4/c1-4(2)3-5-6(12(19)20)8(10(14)15)18-9(11(16)17)7(5)13(21)22/h4-5,10-11,18H,3H2,1-2H3,(H,19,20)(H,21,22). The topological polar surface area (TPSA) is 86.6 Å². The molecular formula is C13H15F4NO4. The van der Waals surface area contributed by atoms with Gasteiger partial charge in [0.05, 0.1) is 22.5 Å². The number of carboxylic acid groups (broad SMARTS) is 2. The second kappa shape index (κ2) is 6.80. The molecule has 3 N–H and O–H groups in total. The van der Waals surface area contributed by atoms with E-state index in [-0.39, 0.29) is 12.3 Å². The lowest BCUT2D eigenvalue weighted by molar-refractivity contribution is -0.134. The van der Waals surface area contributed by atoms with Crippen molar-refractivity contribution >= 4 is 11.9 Å².